The highest BCUT2D eigenvalue weighted by Gasteiger charge is 2.26. The Balaban J connectivity index is 1.54. The Morgan fingerprint density at radius 3 is 2.67 bits per heavy atom. The van der Waals surface area contributed by atoms with Crippen LogP contribution in [0.4, 0.5) is 5.69 Å². The van der Waals surface area contributed by atoms with Gasteiger partial charge in [0.2, 0.25) is 5.88 Å². The van der Waals surface area contributed by atoms with Crippen LogP contribution in [-0.4, -0.2) is 37.6 Å². The van der Waals surface area contributed by atoms with Crippen molar-refractivity contribution in [2.24, 2.45) is 5.92 Å². The molecular formula is C29H32N4O3. The summed E-state index contributed by atoms with van der Waals surface area (Å²) in [7, 11) is 0. The summed E-state index contributed by atoms with van der Waals surface area (Å²) in [6.07, 6.45) is 4.72. The smallest absolute Gasteiger partial charge is 0.239 e. The van der Waals surface area contributed by atoms with Crippen molar-refractivity contribution in [2.45, 2.75) is 52.6 Å². The predicted molar refractivity (Wildman–Crippen MR) is 141 cm³/mol. The van der Waals surface area contributed by atoms with Crippen LogP contribution < -0.4 is 10.1 Å². The molecule has 2 heterocycles. The van der Waals surface area contributed by atoms with E-state index in [1.807, 2.05) is 56.3 Å². The number of hydrogen-bond acceptors (Lipinski definition) is 6. The van der Waals surface area contributed by atoms with Gasteiger partial charge in [-0.05, 0) is 75.8 Å². The molecule has 7 nitrogen and oxygen atoms in total. The van der Waals surface area contributed by atoms with Crippen molar-refractivity contribution in [1.29, 1.82) is 0 Å². The normalized spacial score (nSPS) is 13.7. The molecule has 0 spiro atoms. The average Bonchev–Trinajstić information content (AvgIpc) is 3.52. The number of aromatic nitrogens is 3. The number of imidazole rings is 1. The lowest BCUT2D eigenvalue weighted by molar-refractivity contribution is 0.0943. The van der Waals surface area contributed by atoms with Crippen LogP contribution in [-0.2, 0) is 0 Å². The van der Waals surface area contributed by atoms with Crippen LogP contribution in [0.2, 0.25) is 0 Å². The Morgan fingerprint density at radius 2 is 1.97 bits per heavy atom. The van der Waals surface area contributed by atoms with Gasteiger partial charge in [-0.2, -0.15) is 0 Å². The number of carbonyl (C=O) groups excluding carboxylic acids is 1. The molecule has 1 aliphatic rings. The Bertz CT molecular complexity index is 1430. The molecule has 0 aliphatic heterocycles. The number of ether oxygens (including phenoxy) is 1. The second-order valence-electron chi connectivity index (χ2n) is 10.5. The number of ketones is 1. The molecule has 0 unspecified atom stereocenters. The number of aliphatic hydroxyl groups is 1. The molecule has 0 bridgehead atoms. The largest absolute Gasteiger partial charge is 0.437 e. The first kappa shape index (κ1) is 24.0. The molecule has 0 amide bonds. The first-order valence-corrected chi connectivity index (χ1v) is 12.4. The molecule has 4 aromatic rings. The lowest BCUT2D eigenvalue weighted by Crippen LogP contribution is -2.29. The quantitative estimate of drug-likeness (QED) is 0.285. The molecule has 186 valence electrons. The molecule has 1 fully saturated rings. The van der Waals surface area contributed by atoms with Gasteiger partial charge in [0.1, 0.15) is 5.75 Å². The fraction of sp³-hybridized carbons (Fsp3) is 0.345. The summed E-state index contributed by atoms with van der Waals surface area (Å²) in [6.45, 7) is 7.80. The molecule has 2 N–H and O–H groups in total. The zero-order valence-electron chi connectivity index (χ0n) is 21.2. The summed E-state index contributed by atoms with van der Waals surface area (Å²) < 4.78 is 7.86. The van der Waals surface area contributed by atoms with Gasteiger partial charge < -0.3 is 15.2 Å². The van der Waals surface area contributed by atoms with E-state index in [1.54, 1.807) is 30.6 Å². The third-order valence-electron chi connectivity index (χ3n) is 6.36. The number of anilines is 1. The number of benzene rings is 2. The van der Waals surface area contributed by atoms with Crippen molar-refractivity contribution >= 4 is 17.1 Å². The van der Waals surface area contributed by atoms with Crippen LogP contribution in [0, 0.1) is 19.8 Å². The van der Waals surface area contributed by atoms with Crippen LogP contribution in [0.15, 0.2) is 54.7 Å². The molecule has 1 aliphatic carbocycles. The number of hydrogen-bond donors (Lipinski definition) is 2. The fourth-order valence-corrected chi connectivity index (χ4v) is 4.26. The Morgan fingerprint density at radius 1 is 1.17 bits per heavy atom. The lowest BCUT2D eigenvalue weighted by atomic mass is 9.98. The predicted octanol–water partition coefficient (Wildman–Crippen LogP) is 5.97. The van der Waals surface area contributed by atoms with E-state index < -0.39 is 5.60 Å². The van der Waals surface area contributed by atoms with E-state index in [2.05, 4.69) is 10.3 Å². The Labute approximate surface area is 211 Å². The molecule has 0 saturated heterocycles. The van der Waals surface area contributed by atoms with Crippen LogP contribution in [0.3, 0.4) is 0 Å². The van der Waals surface area contributed by atoms with Gasteiger partial charge in [-0.25, -0.2) is 9.50 Å². The van der Waals surface area contributed by atoms with E-state index >= 15 is 0 Å². The highest BCUT2D eigenvalue weighted by Crippen LogP contribution is 2.35. The van der Waals surface area contributed by atoms with Gasteiger partial charge in [0.05, 0.1) is 23.2 Å². The zero-order valence-corrected chi connectivity index (χ0v) is 21.2. The van der Waals surface area contributed by atoms with E-state index in [4.69, 9.17) is 9.84 Å². The Kier molecular flexibility index (Phi) is 6.26. The maximum Gasteiger partial charge on any atom is 0.239 e. The van der Waals surface area contributed by atoms with E-state index in [0.29, 0.717) is 41.8 Å². The molecular weight excluding hydrogens is 452 g/mol. The van der Waals surface area contributed by atoms with E-state index in [0.717, 1.165) is 40.8 Å². The maximum absolute atomic E-state index is 12.7. The average molecular weight is 485 g/mol. The van der Waals surface area contributed by atoms with Crippen LogP contribution in [0.25, 0.3) is 16.9 Å². The lowest BCUT2D eigenvalue weighted by Gasteiger charge is -2.19. The summed E-state index contributed by atoms with van der Waals surface area (Å²) in [6, 6.07) is 15.5. The second kappa shape index (κ2) is 9.39. The Hall–Kier alpha value is -3.71. The molecule has 7 heteroatoms. The van der Waals surface area contributed by atoms with Crippen molar-refractivity contribution < 1.29 is 14.6 Å². The third kappa shape index (κ3) is 5.41. The van der Waals surface area contributed by atoms with Crippen molar-refractivity contribution in [3.8, 4) is 22.9 Å². The van der Waals surface area contributed by atoms with Gasteiger partial charge in [-0.1, -0.05) is 24.3 Å². The van der Waals surface area contributed by atoms with Crippen LogP contribution in [0.5, 0.6) is 11.6 Å². The van der Waals surface area contributed by atoms with Crippen molar-refractivity contribution in [3.05, 3.63) is 71.4 Å². The van der Waals surface area contributed by atoms with Gasteiger partial charge in [0.25, 0.3) is 0 Å². The SMILES string of the molecule is Cc1cccc(Oc2cc(NCC(C)(C)O)c3ncc(-c4ccc(C(=O)CC5CC5)c(C)c4)n3n2)c1. The molecule has 2 aromatic heterocycles. The molecule has 2 aromatic carbocycles. The fourth-order valence-electron chi connectivity index (χ4n) is 4.26. The number of nitrogens with one attached hydrogen (secondary N) is 1. The third-order valence-corrected chi connectivity index (χ3v) is 6.36. The van der Waals surface area contributed by atoms with E-state index in [1.165, 1.54) is 0 Å². The first-order chi connectivity index (χ1) is 17.2. The highest BCUT2D eigenvalue weighted by molar-refractivity contribution is 5.98. The zero-order chi connectivity index (χ0) is 25.4. The molecule has 0 radical (unpaired) electrons. The van der Waals surface area contributed by atoms with E-state index in [-0.39, 0.29) is 5.78 Å². The van der Waals surface area contributed by atoms with Gasteiger partial charge in [-0.15, -0.1) is 5.10 Å². The number of carbonyl (C=O) groups is 1. The topological polar surface area (TPSA) is 88.7 Å². The summed E-state index contributed by atoms with van der Waals surface area (Å²) in [5.41, 5.74) is 4.93. The van der Waals surface area contributed by atoms with Crippen LogP contribution >= 0.6 is 0 Å². The first-order valence-electron chi connectivity index (χ1n) is 12.4. The number of aryl methyl sites for hydroxylation is 2. The number of nitrogens with zero attached hydrogens (tertiary/aromatic N) is 3. The molecule has 1 saturated carbocycles. The minimum absolute atomic E-state index is 0.213. The number of fused-ring (bicyclic) bond motifs is 1. The summed E-state index contributed by atoms with van der Waals surface area (Å²) >= 11 is 0. The second-order valence-corrected chi connectivity index (χ2v) is 10.5. The standard InChI is InChI=1S/C29H32N4O3/c1-18-6-5-7-22(12-18)36-27-15-24(31-17-29(3,4)35)28-30-16-25(33(28)32-27)21-10-11-23(19(2)13-21)26(34)14-20-8-9-20/h5-7,10-13,15-16,20,31,35H,8-9,14,17H2,1-4H3. The van der Waals surface area contributed by atoms with E-state index in [9.17, 15) is 9.90 Å². The highest BCUT2D eigenvalue weighted by atomic mass is 16.5. The van der Waals surface area contributed by atoms with Crippen LogP contribution in [0.1, 0.15) is 54.6 Å². The summed E-state index contributed by atoms with van der Waals surface area (Å²) in [5.74, 6) is 1.86. The van der Waals surface area contributed by atoms with Crippen molar-refractivity contribution in [2.75, 3.05) is 11.9 Å². The minimum Gasteiger partial charge on any atom is -0.437 e. The monoisotopic (exact) mass is 484 g/mol. The molecule has 36 heavy (non-hydrogen) atoms. The maximum atomic E-state index is 12.7. The van der Waals surface area contributed by atoms with Gasteiger partial charge in [-0.3, -0.25) is 4.79 Å². The van der Waals surface area contributed by atoms with Crippen molar-refractivity contribution in [1.82, 2.24) is 14.6 Å². The van der Waals surface area contributed by atoms with Gasteiger partial charge in [0, 0.05) is 30.2 Å². The number of Topliss-reactive ketones (excluding diaryl/α,β-unsaturated/α-hetero) is 1. The van der Waals surface area contributed by atoms with Crippen molar-refractivity contribution in [3.63, 3.8) is 0 Å². The summed E-state index contributed by atoms with van der Waals surface area (Å²) in [4.78, 5) is 17.3. The molecule has 0 atom stereocenters. The summed E-state index contributed by atoms with van der Waals surface area (Å²) in [5, 5.41) is 18.3. The number of rotatable bonds is 9. The minimum atomic E-state index is -0.910. The molecule has 5 rings (SSSR count). The van der Waals surface area contributed by atoms with Gasteiger partial charge >= 0.3 is 0 Å². The van der Waals surface area contributed by atoms with Gasteiger partial charge in [0.15, 0.2) is 11.4 Å².